The van der Waals surface area contributed by atoms with Crippen LogP contribution in [0.5, 0.6) is 0 Å². The molecule has 0 aromatic carbocycles. The lowest BCUT2D eigenvalue weighted by Crippen LogP contribution is -2.44. The van der Waals surface area contributed by atoms with Crippen LogP contribution in [0.25, 0.3) is 0 Å². The van der Waals surface area contributed by atoms with Gasteiger partial charge in [0.2, 0.25) is 0 Å². The van der Waals surface area contributed by atoms with Crippen molar-refractivity contribution in [3.8, 4) is 0 Å². The van der Waals surface area contributed by atoms with Gasteiger partial charge in [-0.05, 0) is 18.8 Å². The van der Waals surface area contributed by atoms with Crippen molar-refractivity contribution in [2.45, 2.75) is 25.7 Å². The fraction of sp³-hybridized carbons (Fsp3) is 0.727. The van der Waals surface area contributed by atoms with E-state index >= 15 is 0 Å². The van der Waals surface area contributed by atoms with E-state index in [2.05, 4.69) is 17.5 Å². The summed E-state index contributed by atoms with van der Waals surface area (Å²) in [5, 5.41) is 2.39. The number of carbonyl (C=O) groups excluding carboxylic acids is 2. The summed E-state index contributed by atoms with van der Waals surface area (Å²) in [6.07, 6.45) is 4.74. The summed E-state index contributed by atoms with van der Waals surface area (Å²) >= 11 is 4.62. The normalized spacial score (nSPS) is 15.6. The van der Waals surface area contributed by atoms with Crippen molar-refractivity contribution in [3.05, 3.63) is 0 Å². The van der Waals surface area contributed by atoms with E-state index in [9.17, 15) is 9.59 Å². The molecule has 1 aliphatic rings. The number of hydrogen-bond acceptors (Lipinski definition) is 3. The molecule has 2 amide bonds. The zero-order valence-electron chi connectivity index (χ0n) is 10.1. The summed E-state index contributed by atoms with van der Waals surface area (Å²) in [6.45, 7) is 0.719. The molecule has 0 heterocycles. The smallest absolute Gasteiger partial charge is 0.311 e. The van der Waals surface area contributed by atoms with E-state index in [-0.39, 0.29) is 11.5 Å². The Labute approximate surface area is 107 Å². The highest BCUT2D eigenvalue weighted by Gasteiger charge is 2.23. The number of nitrogens with zero attached hydrogens (tertiary/aromatic N) is 1. The summed E-state index contributed by atoms with van der Waals surface area (Å²) in [4.78, 5) is 24.8. The van der Waals surface area contributed by atoms with E-state index in [1.165, 1.54) is 17.7 Å². The predicted molar refractivity (Wildman–Crippen MR) is 69.4 cm³/mol. The van der Waals surface area contributed by atoms with Crippen molar-refractivity contribution in [2.75, 3.05) is 20.1 Å². The Bertz CT molecular complexity index is 314. The van der Waals surface area contributed by atoms with Crippen molar-refractivity contribution in [1.29, 1.82) is 0 Å². The molecule has 1 fully saturated rings. The van der Waals surface area contributed by atoms with Gasteiger partial charge in [0, 0.05) is 13.6 Å². The summed E-state index contributed by atoms with van der Waals surface area (Å²) < 4.78 is 0. The van der Waals surface area contributed by atoms with E-state index in [4.69, 9.17) is 5.73 Å². The SMILES string of the molecule is CN(CC1CCCC1)C(=O)C(=O)NCC(N)=S. The summed E-state index contributed by atoms with van der Waals surface area (Å²) in [5.41, 5.74) is 5.24. The highest BCUT2D eigenvalue weighted by molar-refractivity contribution is 7.80. The highest BCUT2D eigenvalue weighted by atomic mass is 32.1. The molecule has 3 N–H and O–H groups in total. The Kier molecular flexibility index (Phi) is 5.34. The number of amides is 2. The van der Waals surface area contributed by atoms with Crippen molar-refractivity contribution < 1.29 is 9.59 Å². The van der Waals surface area contributed by atoms with Crippen molar-refractivity contribution in [3.63, 3.8) is 0 Å². The average molecular weight is 257 g/mol. The van der Waals surface area contributed by atoms with Gasteiger partial charge in [-0.3, -0.25) is 9.59 Å². The van der Waals surface area contributed by atoms with Gasteiger partial charge in [-0.1, -0.05) is 25.1 Å². The van der Waals surface area contributed by atoms with Gasteiger partial charge in [0.15, 0.2) is 0 Å². The molecule has 0 radical (unpaired) electrons. The molecule has 0 aliphatic heterocycles. The lowest BCUT2D eigenvalue weighted by Gasteiger charge is -2.20. The Hall–Kier alpha value is -1.17. The zero-order valence-corrected chi connectivity index (χ0v) is 10.9. The van der Waals surface area contributed by atoms with Gasteiger partial charge in [0.1, 0.15) is 0 Å². The first-order valence-corrected chi connectivity index (χ1v) is 6.23. The lowest BCUT2D eigenvalue weighted by molar-refractivity contribution is -0.145. The van der Waals surface area contributed by atoms with Gasteiger partial charge >= 0.3 is 11.8 Å². The molecule has 5 nitrogen and oxygen atoms in total. The molecular formula is C11H19N3O2S. The van der Waals surface area contributed by atoms with E-state index in [0.29, 0.717) is 12.5 Å². The molecule has 1 rings (SSSR count). The minimum atomic E-state index is -0.640. The summed E-state index contributed by atoms with van der Waals surface area (Å²) in [5.74, 6) is -0.626. The van der Waals surface area contributed by atoms with Crippen molar-refractivity contribution in [2.24, 2.45) is 11.7 Å². The van der Waals surface area contributed by atoms with Gasteiger partial charge in [-0.25, -0.2) is 0 Å². The highest BCUT2D eigenvalue weighted by Crippen LogP contribution is 2.25. The van der Waals surface area contributed by atoms with Crippen LogP contribution < -0.4 is 11.1 Å². The van der Waals surface area contributed by atoms with Crippen LogP contribution in [0.15, 0.2) is 0 Å². The third-order valence-corrected chi connectivity index (χ3v) is 3.12. The monoisotopic (exact) mass is 257 g/mol. The molecule has 6 heteroatoms. The van der Waals surface area contributed by atoms with Crippen LogP contribution in [0.1, 0.15) is 25.7 Å². The molecule has 0 saturated heterocycles. The number of nitrogens with two attached hydrogens (primary N) is 1. The topological polar surface area (TPSA) is 75.4 Å². The first-order valence-electron chi connectivity index (χ1n) is 5.82. The molecule has 0 atom stereocenters. The molecule has 0 bridgehead atoms. The number of carbonyl (C=O) groups is 2. The molecule has 17 heavy (non-hydrogen) atoms. The van der Waals surface area contributed by atoms with E-state index in [1.54, 1.807) is 7.05 Å². The standard InChI is InChI=1S/C11H19N3O2S/c1-14(7-8-4-2-3-5-8)11(16)10(15)13-6-9(12)17/h8H,2-7H2,1H3,(H2,12,17)(H,13,15). The maximum atomic E-state index is 11.7. The minimum absolute atomic E-state index is 0.0666. The summed E-state index contributed by atoms with van der Waals surface area (Å²) in [7, 11) is 1.65. The molecule has 0 aromatic heterocycles. The number of thiocarbonyl (C=S) groups is 1. The van der Waals surface area contributed by atoms with Gasteiger partial charge in [0.25, 0.3) is 0 Å². The Morgan fingerprint density at radius 1 is 1.41 bits per heavy atom. The second kappa shape index (κ2) is 6.54. The average Bonchev–Trinajstić information content (AvgIpc) is 2.77. The van der Waals surface area contributed by atoms with Crippen LogP contribution in [0, 0.1) is 5.92 Å². The zero-order chi connectivity index (χ0) is 12.8. The Morgan fingerprint density at radius 2 is 2.00 bits per heavy atom. The van der Waals surface area contributed by atoms with Gasteiger partial charge in [0.05, 0.1) is 11.5 Å². The lowest BCUT2D eigenvalue weighted by atomic mass is 10.1. The van der Waals surface area contributed by atoms with Gasteiger partial charge in [-0.2, -0.15) is 0 Å². The number of nitrogens with one attached hydrogen (secondary N) is 1. The van der Waals surface area contributed by atoms with Crippen LogP contribution in [0.3, 0.4) is 0 Å². The predicted octanol–water partition coefficient (Wildman–Crippen LogP) is 0.0373. The Balaban J connectivity index is 2.34. The van der Waals surface area contributed by atoms with Crippen LogP contribution in [-0.4, -0.2) is 41.8 Å². The molecule has 0 unspecified atom stereocenters. The van der Waals surface area contributed by atoms with Crippen molar-refractivity contribution in [1.82, 2.24) is 10.2 Å². The fourth-order valence-electron chi connectivity index (χ4n) is 2.08. The van der Waals surface area contributed by atoms with Gasteiger partial charge in [-0.15, -0.1) is 0 Å². The molecule has 0 spiro atoms. The quantitative estimate of drug-likeness (QED) is 0.551. The number of rotatable bonds is 4. The number of likely N-dealkylation sites (N-methyl/N-ethyl adjacent to an activating group) is 1. The fourth-order valence-corrected chi connectivity index (χ4v) is 2.15. The molecule has 0 aromatic rings. The van der Waals surface area contributed by atoms with Crippen LogP contribution in [0.4, 0.5) is 0 Å². The molecular weight excluding hydrogens is 238 g/mol. The van der Waals surface area contributed by atoms with E-state index in [1.807, 2.05) is 0 Å². The van der Waals surface area contributed by atoms with Gasteiger partial charge < -0.3 is 16.0 Å². The summed E-state index contributed by atoms with van der Waals surface area (Å²) in [6, 6.07) is 0. The molecule has 96 valence electrons. The second-order valence-corrected chi connectivity index (χ2v) is 5.01. The van der Waals surface area contributed by atoms with Crippen LogP contribution in [-0.2, 0) is 9.59 Å². The minimum Gasteiger partial charge on any atom is -0.392 e. The third-order valence-electron chi connectivity index (χ3n) is 2.97. The largest absolute Gasteiger partial charge is 0.392 e. The van der Waals surface area contributed by atoms with Crippen molar-refractivity contribution >= 4 is 29.0 Å². The van der Waals surface area contributed by atoms with Crippen LogP contribution in [0.2, 0.25) is 0 Å². The maximum Gasteiger partial charge on any atom is 0.311 e. The number of hydrogen-bond donors (Lipinski definition) is 2. The van der Waals surface area contributed by atoms with E-state index in [0.717, 1.165) is 12.8 Å². The van der Waals surface area contributed by atoms with E-state index < -0.39 is 11.8 Å². The Morgan fingerprint density at radius 3 is 2.53 bits per heavy atom. The van der Waals surface area contributed by atoms with Crippen LogP contribution >= 0.6 is 12.2 Å². The first-order chi connectivity index (χ1) is 8.00. The second-order valence-electron chi connectivity index (χ2n) is 4.49. The molecule has 1 aliphatic carbocycles. The maximum absolute atomic E-state index is 11.7. The third kappa shape index (κ3) is 4.68. The first kappa shape index (κ1) is 13.9. The molecule has 1 saturated carbocycles.